The summed E-state index contributed by atoms with van der Waals surface area (Å²) in [6.07, 6.45) is 1.05. The summed E-state index contributed by atoms with van der Waals surface area (Å²) < 4.78 is 0. The van der Waals surface area contributed by atoms with Crippen molar-refractivity contribution in [2.24, 2.45) is 0 Å². The smallest absolute Gasteiger partial charge is 0 e. The normalized spacial score (nSPS) is 10.1. The summed E-state index contributed by atoms with van der Waals surface area (Å²) in [7, 11) is 0. The van der Waals surface area contributed by atoms with Gasteiger partial charge in [-0.3, -0.25) is 0 Å². The second-order valence-corrected chi connectivity index (χ2v) is 5.55. The van der Waals surface area contributed by atoms with E-state index in [0.29, 0.717) is 0 Å². The Kier molecular flexibility index (Phi) is 7.99. The van der Waals surface area contributed by atoms with Gasteiger partial charge in [-0.25, -0.2) is 0 Å². The molecule has 127 valence electrons. The van der Waals surface area contributed by atoms with Gasteiger partial charge in [0.1, 0.15) is 0 Å². The minimum absolute atomic E-state index is 0. The van der Waals surface area contributed by atoms with Crippen molar-refractivity contribution in [2.75, 3.05) is 0 Å². The average molecular weight is 403 g/mol. The molecule has 0 nitrogen and oxygen atoms in total. The van der Waals surface area contributed by atoms with Crippen LogP contribution in [0.25, 0.3) is 21.9 Å². The molecule has 0 spiro atoms. The maximum atomic E-state index is 3.30. The minimum Gasteiger partial charge on any atom is -0.358 e. The second kappa shape index (κ2) is 9.48. The van der Waals surface area contributed by atoms with E-state index in [2.05, 4.69) is 84.9 Å². The van der Waals surface area contributed by atoms with Crippen LogP contribution in [-0.2, 0) is 28.8 Å². The third-order valence-corrected chi connectivity index (χ3v) is 4.16. The van der Waals surface area contributed by atoms with Gasteiger partial charge in [-0.15, -0.1) is 35.2 Å². The van der Waals surface area contributed by atoms with Gasteiger partial charge in [-0.2, -0.15) is 47.3 Å². The molecule has 0 atom stereocenters. The Bertz CT molecular complexity index is 844. The summed E-state index contributed by atoms with van der Waals surface area (Å²) in [5, 5.41) is 2.66. The molecule has 0 saturated carbocycles. The third kappa shape index (κ3) is 4.35. The molecule has 0 unspecified atom stereocenters. The molecule has 0 amide bonds. The van der Waals surface area contributed by atoms with Crippen LogP contribution in [0.2, 0.25) is 0 Å². The van der Waals surface area contributed by atoms with E-state index in [0.717, 1.165) is 6.42 Å². The quantitative estimate of drug-likeness (QED) is 0.204. The molecule has 5 rings (SSSR count). The molecular formula is C24H22Nb-4. The zero-order valence-electron chi connectivity index (χ0n) is 14.7. The second-order valence-electron chi connectivity index (χ2n) is 5.55. The van der Waals surface area contributed by atoms with Crippen LogP contribution in [0.3, 0.4) is 0 Å². The Hall–Kier alpha value is -1.99. The van der Waals surface area contributed by atoms with Crippen LogP contribution in [0.5, 0.6) is 0 Å². The molecule has 1 radical (unpaired) electrons. The van der Waals surface area contributed by atoms with E-state index >= 15 is 0 Å². The van der Waals surface area contributed by atoms with Crippen LogP contribution in [0, 0.1) is 20.9 Å². The van der Waals surface area contributed by atoms with E-state index < -0.39 is 0 Å². The molecule has 0 fully saturated rings. The Labute approximate surface area is 167 Å². The van der Waals surface area contributed by atoms with E-state index in [4.69, 9.17) is 0 Å². The van der Waals surface area contributed by atoms with Gasteiger partial charge in [-0.1, -0.05) is 41.5 Å². The summed E-state index contributed by atoms with van der Waals surface area (Å²) in [6, 6.07) is 32.8. The van der Waals surface area contributed by atoms with Gasteiger partial charge in [-0.05, 0) is 6.42 Å². The van der Waals surface area contributed by atoms with Gasteiger partial charge in [0.05, 0.1) is 0 Å². The topological polar surface area (TPSA) is 0 Å². The first-order chi connectivity index (χ1) is 10.9. The fraction of sp³-hybridized carbons (Fsp3) is 0.0417. The van der Waals surface area contributed by atoms with Crippen LogP contribution in [0.15, 0.2) is 84.9 Å². The van der Waals surface area contributed by atoms with E-state index in [1.54, 1.807) is 0 Å². The average Bonchev–Trinajstić information content (AvgIpc) is 3.19. The van der Waals surface area contributed by atoms with Gasteiger partial charge >= 0.3 is 0 Å². The third-order valence-electron chi connectivity index (χ3n) is 4.16. The number of hydrogen-bond acceptors (Lipinski definition) is 0. The van der Waals surface area contributed by atoms with Crippen LogP contribution in [0.1, 0.15) is 11.1 Å². The summed E-state index contributed by atoms with van der Waals surface area (Å²) in [5.41, 5.74) is 5.51. The maximum Gasteiger partial charge on any atom is 0 e. The molecule has 0 N–H and O–H groups in total. The van der Waals surface area contributed by atoms with Crippen molar-refractivity contribution in [1.29, 1.82) is 0 Å². The molecule has 0 bridgehead atoms. The molecule has 0 aromatic heterocycles. The van der Waals surface area contributed by atoms with Crippen molar-refractivity contribution < 1.29 is 22.4 Å². The standard InChI is InChI=1S/C13H9.C9H7.2CH3.Nb/c1-3-7-12-10(5-1)9-11-6-2-4-8-13(11)12;1-2-5-9-7-3-6-8(9)4-1;;;/h1-5,7-8H,9H2;1-7H;2*1H3;/q4*-1;. The maximum absolute atomic E-state index is 3.30. The molecular weight excluding hydrogens is 381 g/mol. The molecule has 25 heavy (non-hydrogen) atoms. The van der Waals surface area contributed by atoms with E-state index in [1.165, 1.54) is 33.0 Å². The Morgan fingerprint density at radius 2 is 1.48 bits per heavy atom. The Balaban J connectivity index is 0.000000234. The number of hydrogen-bond donors (Lipinski definition) is 0. The summed E-state index contributed by atoms with van der Waals surface area (Å²) in [5.74, 6) is 0. The molecule has 0 heterocycles. The first-order valence-electron chi connectivity index (χ1n) is 7.60. The first kappa shape index (κ1) is 21.1. The number of fused-ring (bicyclic) bond motifs is 4. The van der Waals surface area contributed by atoms with Gasteiger partial charge in [0.15, 0.2) is 0 Å². The monoisotopic (exact) mass is 403 g/mol. The van der Waals surface area contributed by atoms with Crippen molar-refractivity contribution in [2.45, 2.75) is 6.42 Å². The summed E-state index contributed by atoms with van der Waals surface area (Å²) in [6.45, 7) is 0. The van der Waals surface area contributed by atoms with E-state index in [-0.39, 0.29) is 37.2 Å². The van der Waals surface area contributed by atoms with Crippen LogP contribution >= 0.6 is 0 Å². The Morgan fingerprint density at radius 3 is 2.32 bits per heavy atom. The molecule has 0 aliphatic heterocycles. The first-order valence-corrected chi connectivity index (χ1v) is 7.60. The van der Waals surface area contributed by atoms with Gasteiger partial charge < -0.3 is 14.9 Å². The van der Waals surface area contributed by atoms with Crippen LogP contribution < -0.4 is 0 Å². The zero-order chi connectivity index (χ0) is 14.8. The predicted molar refractivity (Wildman–Crippen MR) is 106 cm³/mol. The fourth-order valence-electron chi connectivity index (χ4n) is 3.07. The van der Waals surface area contributed by atoms with Crippen molar-refractivity contribution in [3.05, 3.63) is 117 Å². The van der Waals surface area contributed by atoms with Crippen molar-refractivity contribution in [3.8, 4) is 11.1 Å². The van der Waals surface area contributed by atoms with Gasteiger partial charge in [0.25, 0.3) is 0 Å². The number of benzene rings is 3. The van der Waals surface area contributed by atoms with E-state index in [1.807, 2.05) is 6.07 Å². The van der Waals surface area contributed by atoms with E-state index in [9.17, 15) is 0 Å². The molecule has 4 aromatic carbocycles. The molecule has 1 aliphatic carbocycles. The predicted octanol–water partition coefficient (Wildman–Crippen LogP) is 6.51. The largest absolute Gasteiger partial charge is 0.358 e. The number of rotatable bonds is 0. The Morgan fingerprint density at radius 1 is 0.760 bits per heavy atom. The fourth-order valence-corrected chi connectivity index (χ4v) is 3.07. The van der Waals surface area contributed by atoms with Crippen LogP contribution in [-0.4, -0.2) is 0 Å². The molecule has 1 heteroatoms. The zero-order valence-corrected chi connectivity index (χ0v) is 16.9. The molecule has 1 aliphatic rings. The van der Waals surface area contributed by atoms with Crippen molar-refractivity contribution in [3.63, 3.8) is 0 Å². The SMILES string of the molecule is [CH3-].[CH3-].[Nb].[c-]1cccc2c1Cc1ccccc1-2.c1ccc2[cH-]ccc2c1. The molecule has 4 aromatic rings. The summed E-state index contributed by atoms with van der Waals surface area (Å²) in [4.78, 5) is 0. The van der Waals surface area contributed by atoms with Gasteiger partial charge in [0, 0.05) is 22.4 Å². The summed E-state index contributed by atoms with van der Waals surface area (Å²) >= 11 is 0. The van der Waals surface area contributed by atoms with Crippen molar-refractivity contribution in [1.82, 2.24) is 0 Å². The molecule has 0 saturated heterocycles. The minimum atomic E-state index is 0. The van der Waals surface area contributed by atoms with Crippen molar-refractivity contribution >= 4 is 10.8 Å². The van der Waals surface area contributed by atoms with Crippen LogP contribution in [0.4, 0.5) is 0 Å². The van der Waals surface area contributed by atoms with Gasteiger partial charge in [0.2, 0.25) is 0 Å².